The first-order valence-corrected chi connectivity index (χ1v) is 3.48. The Morgan fingerprint density at radius 2 is 1.80 bits per heavy atom. The zero-order chi connectivity index (χ0) is 7.61. The fraction of sp³-hybridized carbons (Fsp3) is 0.714. The minimum Gasteiger partial charge on any atom is -0.199 e. The van der Waals surface area contributed by atoms with E-state index in [1.165, 1.54) is 0 Å². The molecule has 1 heterocycles. The third kappa shape index (κ3) is 1.17. The van der Waals surface area contributed by atoms with E-state index in [2.05, 4.69) is 36.5 Å². The van der Waals surface area contributed by atoms with E-state index < -0.39 is 0 Å². The summed E-state index contributed by atoms with van der Waals surface area (Å²) in [5.74, 6) is 0.544. The van der Waals surface area contributed by atoms with Gasteiger partial charge in [0.15, 0.2) is 0 Å². The Labute approximate surface area is 61.2 Å². The molecule has 3 heteroatoms. The van der Waals surface area contributed by atoms with Crippen LogP contribution in [-0.4, -0.2) is 12.4 Å². The molecule has 0 aliphatic carbocycles. The fourth-order valence-corrected chi connectivity index (χ4v) is 0.701. The van der Waals surface area contributed by atoms with Crippen LogP contribution in [0.5, 0.6) is 0 Å². The van der Waals surface area contributed by atoms with Gasteiger partial charge in [0.1, 0.15) is 0 Å². The molecule has 0 fully saturated rings. The second kappa shape index (κ2) is 2.40. The Morgan fingerprint density at radius 1 is 1.30 bits per heavy atom. The van der Waals surface area contributed by atoms with Crippen LogP contribution in [0.3, 0.4) is 0 Å². The molecular weight excluding hydrogens is 126 g/mol. The summed E-state index contributed by atoms with van der Waals surface area (Å²) in [6.45, 7) is 6.43. The molecule has 1 aliphatic heterocycles. The van der Waals surface area contributed by atoms with E-state index in [-0.39, 0.29) is 5.41 Å². The molecule has 0 spiro atoms. The molecule has 0 amide bonds. The monoisotopic (exact) mass is 139 g/mol. The molecule has 10 heavy (non-hydrogen) atoms. The smallest absolute Gasteiger partial charge is 0.0440 e. The molecule has 0 unspecified atom stereocenters. The van der Waals surface area contributed by atoms with E-state index in [0.717, 1.165) is 0 Å². The standard InChI is InChI=1S/C7H13N3/c1-6(2)7(3)4-8-10-9-5-7/h4-6,10H,1-3H3. The minimum absolute atomic E-state index is 0.0330. The van der Waals surface area contributed by atoms with Crippen molar-refractivity contribution < 1.29 is 0 Å². The Hall–Kier alpha value is -0.860. The van der Waals surface area contributed by atoms with Gasteiger partial charge < -0.3 is 0 Å². The maximum absolute atomic E-state index is 3.88. The Kier molecular flexibility index (Phi) is 1.74. The third-order valence-corrected chi connectivity index (χ3v) is 2.04. The van der Waals surface area contributed by atoms with Crippen molar-refractivity contribution in [2.45, 2.75) is 20.8 Å². The topological polar surface area (TPSA) is 36.8 Å². The van der Waals surface area contributed by atoms with Crippen LogP contribution < -0.4 is 5.53 Å². The normalized spacial score (nSPS) is 21.2. The summed E-state index contributed by atoms with van der Waals surface area (Å²) in [7, 11) is 0. The first-order valence-electron chi connectivity index (χ1n) is 3.48. The van der Waals surface area contributed by atoms with Gasteiger partial charge in [0, 0.05) is 17.8 Å². The molecule has 56 valence electrons. The lowest BCUT2D eigenvalue weighted by Gasteiger charge is -2.25. The Bertz CT molecular complexity index is 158. The van der Waals surface area contributed by atoms with Crippen LogP contribution in [0.1, 0.15) is 20.8 Å². The summed E-state index contributed by atoms with van der Waals surface area (Å²) in [6, 6.07) is 0. The van der Waals surface area contributed by atoms with E-state index in [1.807, 2.05) is 12.4 Å². The van der Waals surface area contributed by atoms with Gasteiger partial charge in [0.2, 0.25) is 0 Å². The van der Waals surface area contributed by atoms with Crippen molar-refractivity contribution >= 4 is 12.4 Å². The number of hydrazone groups is 2. The van der Waals surface area contributed by atoms with Crippen LogP contribution in [0.15, 0.2) is 10.2 Å². The zero-order valence-corrected chi connectivity index (χ0v) is 6.63. The molecule has 0 radical (unpaired) electrons. The first-order chi connectivity index (χ1) is 4.65. The molecule has 0 aromatic carbocycles. The van der Waals surface area contributed by atoms with Crippen LogP contribution in [0.25, 0.3) is 0 Å². The van der Waals surface area contributed by atoms with Crippen molar-refractivity contribution in [1.82, 2.24) is 5.53 Å². The van der Waals surface area contributed by atoms with E-state index in [4.69, 9.17) is 0 Å². The van der Waals surface area contributed by atoms with Gasteiger partial charge in [-0.2, -0.15) is 15.7 Å². The van der Waals surface area contributed by atoms with Crippen molar-refractivity contribution in [2.24, 2.45) is 21.5 Å². The molecule has 0 saturated carbocycles. The summed E-state index contributed by atoms with van der Waals surface area (Å²) in [5, 5.41) is 7.76. The lowest BCUT2D eigenvalue weighted by Crippen LogP contribution is -2.31. The van der Waals surface area contributed by atoms with Crippen LogP contribution in [0.4, 0.5) is 0 Å². The molecule has 0 atom stereocenters. The van der Waals surface area contributed by atoms with Crippen molar-refractivity contribution in [2.75, 3.05) is 0 Å². The van der Waals surface area contributed by atoms with Gasteiger partial charge in [-0.05, 0) is 12.8 Å². The summed E-state index contributed by atoms with van der Waals surface area (Å²) in [4.78, 5) is 0. The second-order valence-corrected chi connectivity index (χ2v) is 3.14. The van der Waals surface area contributed by atoms with E-state index in [1.54, 1.807) is 0 Å². The van der Waals surface area contributed by atoms with Crippen molar-refractivity contribution in [3.63, 3.8) is 0 Å². The molecule has 1 N–H and O–H groups in total. The number of rotatable bonds is 1. The Balaban J connectivity index is 2.75. The van der Waals surface area contributed by atoms with E-state index in [0.29, 0.717) is 5.92 Å². The molecular formula is C7H13N3. The summed E-state index contributed by atoms with van der Waals surface area (Å²) < 4.78 is 0. The number of nitrogens with zero attached hydrogens (tertiary/aromatic N) is 2. The van der Waals surface area contributed by atoms with Gasteiger partial charge in [-0.25, -0.2) is 0 Å². The average Bonchev–Trinajstić information content (AvgIpc) is 1.89. The minimum atomic E-state index is 0.0330. The van der Waals surface area contributed by atoms with Gasteiger partial charge >= 0.3 is 0 Å². The van der Waals surface area contributed by atoms with Gasteiger partial charge in [-0.15, -0.1) is 0 Å². The summed E-state index contributed by atoms with van der Waals surface area (Å²) in [6.07, 6.45) is 3.79. The highest BCUT2D eigenvalue weighted by Crippen LogP contribution is 2.22. The third-order valence-electron chi connectivity index (χ3n) is 2.04. The molecule has 3 nitrogen and oxygen atoms in total. The van der Waals surface area contributed by atoms with E-state index in [9.17, 15) is 0 Å². The van der Waals surface area contributed by atoms with Crippen LogP contribution in [0.2, 0.25) is 0 Å². The van der Waals surface area contributed by atoms with Gasteiger partial charge in [-0.3, -0.25) is 0 Å². The quantitative estimate of drug-likeness (QED) is 0.582. The van der Waals surface area contributed by atoms with Crippen LogP contribution >= 0.6 is 0 Å². The SMILES string of the molecule is CC(C)C1(C)C=NNN=C1. The average molecular weight is 139 g/mol. The predicted molar refractivity (Wildman–Crippen MR) is 43.1 cm³/mol. The first kappa shape index (κ1) is 7.25. The van der Waals surface area contributed by atoms with Crippen molar-refractivity contribution in [3.8, 4) is 0 Å². The van der Waals surface area contributed by atoms with Crippen LogP contribution in [0, 0.1) is 11.3 Å². The summed E-state index contributed by atoms with van der Waals surface area (Å²) in [5.41, 5.74) is 2.57. The van der Waals surface area contributed by atoms with Gasteiger partial charge in [0.25, 0.3) is 0 Å². The van der Waals surface area contributed by atoms with Gasteiger partial charge in [0.05, 0.1) is 0 Å². The second-order valence-electron chi connectivity index (χ2n) is 3.14. The van der Waals surface area contributed by atoms with Crippen molar-refractivity contribution in [1.29, 1.82) is 0 Å². The lowest BCUT2D eigenvalue weighted by molar-refractivity contribution is 0.450. The molecule has 1 rings (SSSR count). The largest absolute Gasteiger partial charge is 0.199 e. The highest BCUT2D eigenvalue weighted by molar-refractivity contribution is 5.89. The maximum Gasteiger partial charge on any atom is 0.0440 e. The lowest BCUT2D eigenvalue weighted by atomic mass is 9.81. The maximum atomic E-state index is 3.88. The van der Waals surface area contributed by atoms with E-state index >= 15 is 0 Å². The molecule has 0 bridgehead atoms. The Morgan fingerprint density at radius 3 is 2.10 bits per heavy atom. The molecule has 0 aromatic heterocycles. The predicted octanol–water partition coefficient (Wildman–Crippen LogP) is 1.22. The van der Waals surface area contributed by atoms with Crippen LogP contribution in [-0.2, 0) is 0 Å². The molecule has 0 saturated heterocycles. The highest BCUT2D eigenvalue weighted by atomic mass is 15.5. The number of hydrogen-bond acceptors (Lipinski definition) is 3. The fourth-order valence-electron chi connectivity index (χ4n) is 0.701. The number of hydrogen-bond donors (Lipinski definition) is 1. The molecule has 1 aliphatic rings. The van der Waals surface area contributed by atoms with Gasteiger partial charge in [-0.1, -0.05) is 13.8 Å². The number of nitrogens with one attached hydrogen (secondary N) is 1. The zero-order valence-electron chi connectivity index (χ0n) is 6.63. The van der Waals surface area contributed by atoms with Crippen molar-refractivity contribution in [3.05, 3.63) is 0 Å². The summed E-state index contributed by atoms with van der Waals surface area (Å²) >= 11 is 0. The highest BCUT2D eigenvalue weighted by Gasteiger charge is 2.25. The molecule has 0 aromatic rings.